The van der Waals surface area contributed by atoms with Crippen molar-refractivity contribution < 1.29 is 4.74 Å². The first-order valence-electron chi connectivity index (χ1n) is 7.76. The summed E-state index contributed by atoms with van der Waals surface area (Å²) in [5, 5.41) is 0.748. The molecule has 0 unspecified atom stereocenters. The summed E-state index contributed by atoms with van der Waals surface area (Å²) >= 11 is 5.93. The zero-order chi connectivity index (χ0) is 15.8. The normalized spacial score (nSPS) is 24.3. The van der Waals surface area contributed by atoms with Crippen molar-refractivity contribution in [1.29, 1.82) is 0 Å². The monoisotopic (exact) mass is 309 g/mol. The van der Waals surface area contributed by atoms with Crippen LogP contribution in [0.4, 0.5) is 0 Å². The molecule has 1 saturated heterocycles. The van der Waals surface area contributed by atoms with Gasteiger partial charge in [-0.05, 0) is 50.5 Å². The van der Waals surface area contributed by atoms with Crippen LogP contribution >= 0.6 is 11.6 Å². The third kappa shape index (κ3) is 4.14. The van der Waals surface area contributed by atoms with Gasteiger partial charge in [0, 0.05) is 29.6 Å². The maximum Gasteiger partial charge on any atom is 0.119 e. The molecular weight excluding hydrogens is 282 g/mol. The molecule has 0 saturated carbocycles. The van der Waals surface area contributed by atoms with Crippen molar-refractivity contribution in [2.45, 2.75) is 65.6 Å². The molecule has 118 valence electrons. The van der Waals surface area contributed by atoms with Gasteiger partial charge in [0.2, 0.25) is 0 Å². The van der Waals surface area contributed by atoms with Crippen molar-refractivity contribution in [3.05, 3.63) is 29.3 Å². The van der Waals surface area contributed by atoms with Crippen molar-refractivity contribution in [3.8, 4) is 5.75 Å². The summed E-state index contributed by atoms with van der Waals surface area (Å²) in [6.07, 6.45) is 1.32. The van der Waals surface area contributed by atoms with Crippen LogP contribution in [0.2, 0.25) is 5.02 Å². The number of nitrogens with zero attached hydrogens (tertiary/aromatic N) is 1. The molecule has 2 rings (SSSR count). The van der Waals surface area contributed by atoms with Crippen LogP contribution in [0.1, 0.15) is 48.0 Å². The Morgan fingerprint density at radius 2 is 1.62 bits per heavy atom. The zero-order valence-electron chi connectivity index (χ0n) is 14.1. The largest absolute Gasteiger partial charge is 0.489 e. The van der Waals surface area contributed by atoms with Crippen LogP contribution in [0.15, 0.2) is 24.3 Å². The van der Waals surface area contributed by atoms with Crippen LogP contribution < -0.4 is 4.74 Å². The predicted octanol–water partition coefficient (Wildman–Crippen LogP) is 5.01. The third-order valence-corrected chi connectivity index (χ3v) is 4.49. The Kier molecular flexibility index (Phi) is 4.60. The van der Waals surface area contributed by atoms with Gasteiger partial charge in [-0.3, -0.25) is 4.90 Å². The summed E-state index contributed by atoms with van der Waals surface area (Å²) in [5.41, 5.74) is 0.418. The molecule has 2 atom stereocenters. The van der Waals surface area contributed by atoms with Gasteiger partial charge in [-0.25, -0.2) is 0 Å². The summed E-state index contributed by atoms with van der Waals surface area (Å²) in [6.45, 7) is 14.8. The van der Waals surface area contributed by atoms with E-state index in [1.807, 2.05) is 24.3 Å². The minimum Gasteiger partial charge on any atom is -0.489 e. The molecule has 0 spiro atoms. The maximum atomic E-state index is 6.18. The molecule has 1 fully saturated rings. The van der Waals surface area contributed by atoms with Gasteiger partial charge in [-0.1, -0.05) is 32.4 Å². The fraction of sp³-hybridized carbons (Fsp3) is 0.667. The number of likely N-dealkylation sites (tertiary alicyclic amines) is 1. The Morgan fingerprint density at radius 1 is 1.05 bits per heavy atom. The second kappa shape index (κ2) is 5.81. The highest BCUT2D eigenvalue weighted by atomic mass is 35.5. The van der Waals surface area contributed by atoms with Crippen molar-refractivity contribution in [1.82, 2.24) is 4.90 Å². The van der Waals surface area contributed by atoms with Gasteiger partial charge >= 0.3 is 0 Å². The van der Waals surface area contributed by atoms with Crippen LogP contribution in [0.5, 0.6) is 5.75 Å². The van der Waals surface area contributed by atoms with Gasteiger partial charge in [-0.15, -0.1) is 0 Å². The zero-order valence-corrected chi connectivity index (χ0v) is 14.9. The lowest BCUT2D eigenvalue weighted by Gasteiger charge is -2.42. The maximum absolute atomic E-state index is 6.18. The van der Waals surface area contributed by atoms with E-state index in [2.05, 4.69) is 46.4 Å². The molecule has 0 N–H and O–H groups in total. The lowest BCUT2D eigenvalue weighted by atomic mass is 9.83. The molecule has 1 heterocycles. The first kappa shape index (κ1) is 16.6. The molecule has 0 aromatic heterocycles. The molecule has 0 amide bonds. The molecule has 21 heavy (non-hydrogen) atoms. The molecule has 1 aromatic carbocycles. The van der Waals surface area contributed by atoms with E-state index >= 15 is 0 Å². The van der Waals surface area contributed by atoms with Crippen molar-refractivity contribution in [2.75, 3.05) is 6.54 Å². The summed E-state index contributed by atoms with van der Waals surface area (Å²) in [7, 11) is 0. The van der Waals surface area contributed by atoms with Crippen molar-refractivity contribution in [2.24, 2.45) is 5.41 Å². The number of rotatable bonds is 2. The average Bonchev–Trinajstić information content (AvgIpc) is 2.76. The molecule has 0 bridgehead atoms. The van der Waals surface area contributed by atoms with Crippen LogP contribution in [0.25, 0.3) is 0 Å². The average molecular weight is 310 g/mol. The highest BCUT2D eigenvalue weighted by Crippen LogP contribution is 2.38. The second-order valence-electron chi connectivity index (χ2n) is 8.13. The second-order valence-corrected chi connectivity index (χ2v) is 8.57. The minimum absolute atomic E-state index is 0.163. The molecule has 1 aliphatic rings. The number of hydrogen-bond acceptors (Lipinski definition) is 2. The van der Waals surface area contributed by atoms with Crippen molar-refractivity contribution in [3.63, 3.8) is 0 Å². The Bertz CT molecular complexity index is 447. The molecular formula is C18H28ClNO. The predicted molar refractivity (Wildman–Crippen MR) is 90.2 cm³/mol. The van der Waals surface area contributed by atoms with E-state index in [0.717, 1.165) is 23.7 Å². The van der Waals surface area contributed by atoms with E-state index < -0.39 is 0 Å². The smallest absolute Gasteiger partial charge is 0.119 e. The van der Waals surface area contributed by atoms with E-state index in [0.29, 0.717) is 6.04 Å². The van der Waals surface area contributed by atoms with Gasteiger partial charge in [0.15, 0.2) is 0 Å². The number of halogens is 1. The van der Waals surface area contributed by atoms with Crippen LogP contribution in [0, 0.1) is 5.41 Å². The fourth-order valence-electron chi connectivity index (χ4n) is 3.15. The SMILES string of the molecule is CC(C)(C)[C@@H]1C[C@@H](Oc2ccc(Cl)cc2)CN1C(C)(C)C. The first-order chi connectivity index (χ1) is 9.57. The molecule has 0 radical (unpaired) electrons. The molecule has 3 heteroatoms. The minimum atomic E-state index is 0.163. The number of ether oxygens (including phenoxy) is 1. The first-order valence-corrected chi connectivity index (χ1v) is 8.14. The summed E-state index contributed by atoms with van der Waals surface area (Å²) < 4.78 is 6.18. The summed E-state index contributed by atoms with van der Waals surface area (Å²) in [5.74, 6) is 0.910. The Labute approximate surface area is 134 Å². The van der Waals surface area contributed by atoms with Gasteiger partial charge in [0.25, 0.3) is 0 Å². The van der Waals surface area contributed by atoms with Crippen LogP contribution in [-0.2, 0) is 0 Å². The molecule has 1 aromatic rings. The Hall–Kier alpha value is -0.730. The van der Waals surface area contributed by atoms with Crippen molar-refractivity contribution >= 4 is 11.6 Å². The van der Waals surface area contributed by atoms with E-state index in [1.54, 1.807) is 0 Å². The van der Waals surface area contributed by atoms with Gasteiger partial charge in [0.05, 0.1) is 0 Å². The van der Waals surface area contributed by atoms with E-state index in [9.17, 15) is 0 Å². The Morgan fingerprint density at radius 3 is 2.05 bits per heavy atom. The Balaban J connectivity index is 2.12. The molecule has 2 nitrogen and oxygen atoms in total. The van der Waals surface area contributed by atoms with Gasteiger partial charge in [0.1, 0.15) is 11.9 Å². The molecule has 1 aliphatic heterocycles. The lowest BCUT2D eigenvalue weighted by Crippen LogP contribution is -2.49. The van der Waals surface area contributed by atoms with E-state index in [1.165, 1.54) is 0 Å². The quantitative estimate of drug-likeness (QED) is 0.761. The molecule has 0 aliphatic carbocycles. The standard InChI is InChI=1S/C18H28ClNO/c1-17(2,3)16-11-15(12-20(16)18(4,5)6)21-14-9-7-13(19)8-10-14/h7-10,15-16H,11-12H2,1-6H3/t15-,16+/m1/s1. The van der Waals surface area contributed by atoms with Crippen LogP contribution in [0.3, 0.4) is 0 Å². The van der Waals surface area contributed by atoms with Gasteiger partial charge < -0.3 is 4.74 Å². The van der Waals surface area contributed by atoms with E-state index in [-0.39, 0.29) is 17.1 Å². The lowest BCUT2D eigenvalue weighted by molar-refractivity contribution is 0.0559. The highest BCUT2D eigenvalue weighted by molar-refractivity contribution is 6.30. The fourth-order valence-corrected chi connectivity index (χ4v) is 3.28. The summed E-state index contributed by atoms with van der Waals surface area (Å²) in [6, 6.07) is 8.21. The number of benzene rings is 1. The van der Waals surface area contributed by atoms with E-state index in [4.69, 9.17) is 16.3 Å². The topological polar surface area (TPSA) is 12.5 Å². The van der Waals surface area contributed by atoms with Gasteiger partial charge in [-0.2, -0.15) is 0 Å². The summed E-state index contributed by atoms with van der Waals surface area (Å²) in [4.78, 5) is 2.59. The number of hydrogen-bond donors (Lipinski definition) is 0. The van der Waals surface area contributed by atoms with Crippen LogP contribution in [-0.4, -0.2) is 29.1 Å². The highest BCUT2D eigenvalue weighted by Gasteiger charge is 2.44. The third-order valence-electron chi connectivity index (χ3n) is 4.24.